The fourth-order valence-electron chi connectivity index (χ4n) is 4.16. The molecule has 6 nitrogen and oxygen atoms in total. The van der Waals surface area contributed by atoms with Gasteiger partial charge in [-0.25, -0.2) is 0 Å². The van der Waals surface area contributed by atoms with Gasteiger partial charge in [0.15, 0.2) is 0 Å². The number of rotatable bonds is 10. The molecule has 3 aromatic rings. The van der Waals surface area contributed by atoms with Crippen molar-refractivity contribution in [3.8, 4) is 0 Å². The molecule has 1 heterocycles. The molecular formula is C26H30N4O2. The van der Waals surface area contributed by atoms with Crippen LogP contribution in [0.15, 0.2) is 54.7 Å². The van der Waals surface area contributed by atoms with E-state index >= 15 is 0 Å². The van der Waals surface area contributed by atoms with Crippen LogP contribution in [0.4, 0.5) is 0 Å². The number of H-pyrrole nitrogens is 1. The number of fused-ring (bicyclic) bond motifs is 1. The van der Waals surface area contributed by atoms with E-state index < -0.39 is 0 Å². The molecule has 2 aliphatic carbocycles. The molecule has 0 atom stereocenters. The van der Waals surface area contributed by atoms with Crippen molar-refractivity contribution in [2.75, 3.05) is 13.1 Å². The van der Waals surface area contributed by atoms with Crippen molar-refractivity contribution in [2.45, 2.75) is 50.7 Å². The number of nitrogens with zero attached hydrogens (tertiary/aromatic N) is 1. The van der Waals surface area contributed by atoms with Gasteiger partial charge in [0, 0.05) is 47.8 Å². The van der Waals surface area contributed by atoms with Crippen LogP contribution in [0.3, 0.4) is 0 Å². The first-order chi connectivity index (χ1) is 15.7. The van der Waals surface area contributed by atoms with E-state index in [-0.39, 0.29) is 11.8 Å². The molecule has 0 aliphatic heterocycles. The summed E-state index contributed by atoms with van der Waals surface area (Å²) in [5.74, 6) is 0.0739. The summed E-state index contributed by atoms with van der Waals surface area (Å²) in [5, 5.41) is 7.32. The molecule has 0 saturated heterocycles. The van der Waals surface area contributed by atoms with E-state index in [4.69, 9.17) is 0 Å². The lowest BCUT2D eigenvalue weighted by atomic mass is 10.1. The van der Waals surface area contributed by atoms with E-state index in [1.807, 2.05) is 42.6 Å². The van der Waals surface area contributed by atoms with Crippen LogP contribution in [0.2, 0.25) is 0 Å². The molecule has 2 saturated carbocycles. The number of para-hydroxylation sites is 1. The first-order valence-corrected chi connectivity index (χ1v) is 11.6. The zero-order valence-corrected chi connectivity index (χ0v) is 18.3. The van der Waals surface area contributed by atoms with Gasteiger partial charge >= 0.3 is 0 Å². The molecule has 2 fully saturated rings. The van der Waals surface area contributed by atoms with Crippen LogP contribution in [-0.2, 0) is 17.8 Å². The first-order valence-electron chi connectivity index (χ1n) is 11.6. The van der Waals surface area contributed by atoms with E-state index in [0.717, 1.165) is 49.7 Å². The lowest BCUT2D eigenvalue weighted by Crippen LogP contribution is -2.38. The fourth-order valence-corrected chi connectivity index (χ4v) is 4.16. The van der Waals surface area contributed by atoms with Crippen LogP contribution in [0, 0.1) is 0 Å². The topological polar surface area (TPSA) is 77.2 Å². The summed E-state index contributed by atoms with van der Waals surface area (Å²) < 4.78 is 0. The Kier molecular flexibility index (Phi) is 5.95. The van der Waals surface area contributed by atoms with Crippen molar-refractivity contribution >= 4 is 22.7 Å². The number of aromatic nitrogens is 1. The van der Waals surface area contributed by atoms with Crippen LogP contribution >= 0.6 is 0 Å². The van der Waals surface area contributed by atoms with Crippen LogP contribution in [0.5, 0.6) is 0 Å². The van der Waals surface area contributed by atoms with Gasteiger partial charge in [0.1, 0.15) is 0 Å². The number of carbonyl (C=O) groups excluding carboxylic acids is 2. The summed E-state index contributed by atoms with van der Waals surface area (Å²) >= 11 is 0. The lowest BCUT2D eigenvalue weighted by molar-refractivity contribution is -0.122. The minimum atomic E-state index is 0.00711. The van der Waals surface area contributed by atoms with Crippen molar-refractivity contribution in [3.05, 3.63) is 71.4 Å². The third-order valence-corrected chi connectivity index (χ3v) is 6.32. The van der Waals surface area contributed by atoms with Gasteiger partial charge in [-0.05, 0) is 61.4 Å². The van der Waals surface area contributed by atoms with E-state index in [9.17, 15) is 9.59 Å². The normalized spacial score (nSPS) is 15.8. The number of carbonyl (C=O) groups is 2. The molecule has 1 aromatic heterocycles. The Morgan fingerprint density at radius 2 is 1.78 bits per heavy atom. The van der Waals surface area contributed by atoms with Gasteiger partial charge in [-0.3, -0.25) is 14.5 Å². The number of hydrogen-bond acceptors (Lipinski definition) is 3. The Morgan fingerprint density at radius 1 is 1.00 bits per heavy atom. The fraction of sp³-hybridized carbons (Fsp3) is 0.385. The number of amides is 2. The summed E-state index contributed by atoms with van der Waals surface area (Å²) in [6.45, 7) is 1.76. The van der Waals surface area contributed by atoms with Crippen LogP contribution in [-0.4, -0.2) is 46.9 Å². The third-order valence-electron chi connectivity index (χ3n) is 6.32. The van der Waals surface area contributed by atoms with Crippen LogP contribution in [0.1, 0.15) is 47.2 Å². The SMILES string of the molecule is O=C(CN(Cc1ccc(C(=O)NC2CC2)cc1)C1CC1)NCCc1c[nH]c2ccccc12. The molecule has 0 bridgehead atoms. The second-order valence-electron chi connectivity index (χ2n) is 9.04. The molecule has 166 valence electrons. The maximum absolute atomic E-state index is 12.6. The highest BCUT2D eigenvalue weighted by Crippen LogP contribution is 2.28. The number of benzene rings is 2. The predicted octanol–water partition coefficient (Wildman–Crippen LogP) is 3.38. The Morgan fingerprint density at radius 3 is 2.53 bits per heavy atom. The van der Waals surface area contributed by atoms with Gasteiger partial charge in [-0.2, -0.15) is 0 Å². The zero-order chi connectivity index (χ0) is 21.9. The number of aromatic amines is 1. The summed E-state index contributed by atoms with van der Waals surface area (Å²) in [4.78, 5) is 30.3. The van der Waals surface area contributed by atoms with Crippen molar-refractivity contribution in [1.82, 2.24) is 20.5 Å². The minimum Gasteiger partial charge on any atom is -0.361 e. The maximum atomic E-state index is 12.6. The Labute approximate surface area is 188 Å². The highest BCUT2D eigenvalue weighted by atomic mass is 16.2. The average molecular weight is 431 g/mol. The molecule has 5 rings (SSSR count). The average Bonchev–Trinajstić information content (AvgIpc) is 3.73. The van der Waals surface area contributed by atoms with Crippen molar-refractivity contribution in [3.63, 3.8) is 0 Å². The highest BCUT2D eigenvalue weighted by Gasteiger charge is 2.30. The summed E-state index contributed by atoms with van der Waals surface area (Å²) in [7, 11) is 0. The van der Waals surface area contributed by atoms with E-state index in [1.54, 1.807) is 0 Å². The van der Waals surface area contributed by atoms with Crippen LogP contribution < -0.4 is 10.6 Å². The molecule has 3 N–H and O–H groups in total. The number of nitrogens with one attached hydrogen (secondary N) is 3. The maximum Gasteiger partial charge on any atom is 0.251 e. The van der Waals surface area contributed by atoms with Crippen LogP contribution in [0.25, 0.3) is 10.9 Å². The standard InChI is InChI=1S/C26H30N4O2/c31-25(27-14-13-20-15-28-24-4-2-1-3-23(20)24)17-30(22-11-12-22)16-18-5-7-19(8-6-18)26(32)29-21-9-10-21/h1-8,15,21-22,28H,9-14,16-17H2,(H,27,31)(H,29,32). The molecule has 0 spiro atoms. The van der Waals surface area contributed by atoms with Gasteiger partial charge in [0.25, 0.3) is 5.91 Å². The van der Waals surface area contributed by atoms with Crippen molar-refractivity contribution in [1.29, 1.82) is 0 Å². The van der Waals surface area contributed by atoms with Crippen molar-refractivity contribution < 1.29 is 9.59 Å². The quantitative estimate of drug-likeness (QED) is 0.461. The third kappa shape index (κ3) is 5.19. The van der Waals surface area contributed by atoms with Gasteiger partial charge in [-0.1, -0.05) is 30.3 Å². The first kappa shape index (κ1) is 20.8. The molecule has 2 aromatic carbocycles. The summed E-state index contributed by atoms with van der Waals surface area (Å²) in [6.07, 6.45) is 7.30. The Bertz CT molecular complexity index is 1100. The van der Waals surface area contributed by atoms with Crippen molar-refractivity contribution in [2.24, 2.45) is 0 Å². The number of hydrogen-bond donors (Lipinski definition) is 3. The Balaban J connectivity index is 1.11. The van der Waals surface area contributed by atoms with Gasteiger partial charge < -0.3 is 15.6 Å². The van der Waals surface area contributed by atoms with E-state index in [2.05, 4.69) is 32.7 Å². The van der Waals surface area contributed by atoms with Gasteiger partial charge in [-0.15, -0.1) is 0 Å². The van der Waals surface area contributed by atoms with Gasteiger partial charge in [0.05, 0.1) is 6.54 Å². The second-order valence-corrected chi connectivity index (χ2v) is 9.04. The summed E-state index contributed by atoms with van der Waals surface area (Å²) in [5.41, 5.74) is 4.19. The molecule has 0 radical (unpaired) electrons. The second kappa shape index (κ2) is 9.17. The molecule has 2 amide bonds. The van der Waals surface area contributed by atoms with Gasteiger partial charge in [0.2, 0.25) is 5.91 Å². The molecule has 2 aliphatic rings. The zero-order valence-electron chi connectivity index (χ0n) is 18.3. The monoisotopic (exact) mass is 430 g/mol. The largest absolute Gasteiger partial charge is 0.361 e. The highest BCUT2D eigenvalue weighted by molar-refractivity contribution is 5.94. The smallest absolute Gasteiger partial charge is 0.251 e. The van der Waals surface area contributed by atoms with E-state index in [1.165, 1.54) is 10.9 Å². The lowest BCUT2D eigenvalue weighted by Gasteiger charge is -2.21. The minimum absolute atomic E-state index is 0.00711. The predicted molar refractivity (Wildman–Crippen MR) is 125 cm³/mol. The molecular weight excluding hydrogens is 400 g/mol. The van der Waals surface area contributed by atoms with E-state index in [0.29, 0.717) is 30.7 Å². The molecule has 0 unspecified atom stereocenters. The molecule has 32 heavy (non-hydrogen) atoms. The molecule has 6 heteroatoms. The summed E-state index contributed by atoms with van der Waals surface area (Å²) in [6, 6.07) is 16.9. The Hall–Kier alpha value is -3.12.